The van der Waals surface area contributed by atoms with E-state index in [4.69, 9.17) is 22.7 Å². The fourth-order valence-corrected chi connectivity index (χ4v) is 2.41. The maximum atomic E-state index is 5.80. The van der Waals surface area contributed by atoms with E-state index >= 15 is 0 Å². The summed E-state index contributed by atoms with van der Waals surface area (Å²) in [5, 5.41) is 0. The van der Waals surface area contributed by atoms with Crippen molar-refractivity contribution in [2.24, 2.45) is 5.73 Å². The molecule has 92 valence electrons. The lowest BCUT2D eigenvalue weighted by Crippen LogP contribution is -2.29. The zero-order valence-electron chi connectivity index (χ0n) is 10.1. The minimum Gasteiger partial charge on any atom is -0.389 e. The number of aryl methyl sites for hydroxylation is 1. The highest BCUT2D eigenvalue weighted by atomic mass is 32.1. The van der Waals surface area contributed by atoms with Crippen molar-refractivity contribution in [3.05, 3.63) is 29.3 Å². The first kappa shape index (κ1) is 12.3. The Morgan fingerprint density at radius 2 is 2.18 bits per heavy atom. The summed E-state index contributed by atoms with van der Waals surface area (Å²) in [7, 11) is 0. The second kappa shape index (κ2) is 5.47. The third kappa shape index (κ3) is 2.76. The minimum atomic E-state index is 0.467. The first-order valence-corrected chi connectivity index (χ1v) is 6.33. The van der Waals surface area contributed by atoms with Crippen molar-refractivity contribution < 1.29 is 4.74 Å². The van der Waals surface area contributed by atoms with Gasteiger partial charge in [-0.1, -0.05) is 24.4 Å². The summed E-state index contributed by atoms with van der Waals surface area (Å²) in [5.41, 5.74) is 9.17. The monoisotopic (exact) mass is 250 g/mol. The zero-order chi connectivity index (χ0) is 12.3. The van der Waals surface area contributed by atoms with Gasteiger partial charge in [0.2, 0.25) is 0 Å². The highest BCUT2D eigenvalue weighted by Gasteiger charge is 2.16. The van der Waals surface area contributed by atoms with Crippen LogP contribution in [0.5, 0.6) is 0 Å². The fraction of sp³-hybridized carbons (Fsp3) is 0.462. The van der Waals surface area contributed by atoms with Crippen LogP contribution in [0.4, 0.5) is 5.69 Å². The average Bonchev–Trinajstić information content (AvgIpc) is 2.57. The van der Waals surface area contributed by atoms with E-state index in [9.17, 15) is 0 Å². The predicted molar refractivity (Wildman–Crippen MR) is 74.7 cm³/mol. The number of nitrogens with two attached hydrogens (primary N) is 1. The number of thiocarbonyl (C=S) groups is 1. The molecule has 1 aromatic rings. The summed E-state index contributed by atoms with van der Waals surface area (Å²) >= 11 is 5.13. The van der Waals surface area contributed by atoms with Crippen molar-refractivity contribution in [2.45, 2.75) is 13.3 Å². The van der Waals surface area contributed by atoms with Crippen molar-refractivity contribution in [3.8, 4) is 0 Å². The highest BCUT2D eigenvalue weighted by molar-refractivity contribution is 7.80. The molecule has 17 heavy (non-hydrogen) atoms. The Balaban J connectivity index is 2.37. The van der Waals surface area contributed by atoms with Crippen LogP contribution in [0, 0.1) is 6.92 Å². The number of ether oxygens (including phenoxy) is 1. The van der Waals surface area contributed by atoms with E-state index in [1.54, 1.807) is 0 Å². The van der Waals surface area contributed by atoms with Crippen LogP contribution >= 0.6 is 12.2 Å². The molecule has 0 radical (unpaired) electrons. The second-order valence-corrected chi connectivity index (χ2v) is 4.73. The lowest BCUT2D eigenvalue weighted by molar-refractivity contribution is 0.152. The molecule has 0 aromatic heterocycles. The first-order chi connectivity index (χ1) is 8.20. The summed E-state index contributed by atoms with van der Waals surface area (Å²) in [6, 6.07) is 6.10. The molecule has 0 spiro atoms. The third-order valence-electron chi connectivity index (χ3n) is 3.04. The number of benzene rings is 1. The van der Waals surface area contributed by atoms with E-state index in [0.29, 0.717) is 4.99 Å². The molecule has 2 N–H and O–H groups in total. The highest BCUT2D eigenvalue weighted by Crippen LogP contribution is 2.26. The van der Waals surface area contributed by atoms with Gasteiger partial charge >= 0.3 is 0 Å². The van der Waals surface area contributed by atoms with Gasteiger partial charge in [0, 0.05) is 30.9 Å². The van der Waals surface area contributed by atoms with Gasteiger partial charge in [-0.2, -0.15) is 0 Å². The quantitative estimate of drug-likeness (QED) is 0.813. The summed E-state index contributed by atoms with van der Waals surface area (Å²) in [6.45, 7) is 5.61. The van der Waals surface area contributed by atoms with Crippen molar-refractivity contribution in [2.75, 3.05) is 31.2 Å². The Hall–Kier alpha value is -1.13. The molecule has 0 aliphatic carbocycles. The largest absolute Gasteiger partial charge is 0.389 e. The first-order valence-electron chi connectivity index (χ1n) is 5.92. The van der Waals surface area contributed by atoms with E-state index in [-0.39, 0.29) is 0 Å². The molecular formula is C13H18N2OS. The maximum Gasteiger partial charge on any atom is 0.106 e. The van der Waals surface area contributed by atoms with Crippen LogP contribution < -0.4 is 10.6 Å². The van der Waals surface area contributed by atoms with Crippen LogP contribution in [-0.4, -0.2) is 31.3 Å². The van der Waals surface area contributed by atoms with Crippen molar-refractivity contribution in [1.29, 1.82) is 0 Å². The summed E-state index contributed by atoms with van der Waals surface area (Å²) in [6.07, 6.45) is 1.05. The topological polar surface area (TPSA) is 38.5 Å². The van der Waals surface area contributed by atoms with Crippen molar-refractivity contribution in [3.63, 3.8) is 0 Å². The molecule has 0 unspecified atom stereocenters. The standard InChI is InChI=1S/C13H18N2OS/c1-10-4-2-5-11(13(14)17)12(10)15-6-3-8-16-9-7-15/h2,4-5H,3,6-9H2,1H3,(H2,14,17). The summed E-state index contributed by atoms with van der Waals surface area (Å²) < 4.78 is 5.48. The van der Waals surface area contributed by atoms with Crippen LogP contribution in [0.2, 0.25) is 0 Å². The van der Waals surface area contributed by atoms with Crippen molar-refractivity contribution in [1.82, 2.24) is 0 Å². The molecule has 3 nitrogen and oxygen atoms in total. The molecule has 1 heterocycles. The zero-order valence-corrected chi connectivity index (χ0v) is 10.9. The molecule has 1 aliphatic rings. The molecule has 0 saturated carbocycles. The number of anilines is 1. The normalized spacial score (nSPS) is 16.6. The number of hydrogen-bond acceptors (Lipinski definition) is 3. The van der Waals surface area contributed by atoms with Crippen LogP contribution in [0.1, 0.15) is 17.5 Å². The molecule has 0 atom stereocenters. The summed E-state index contributed by atoms with van der Waals surface area (Å²) in [5.74, 6) is 0. The Morgan fingerprint density at radius 1 is 1.35 bits per heavy atom. The van der Waals surface area contributed by atoms with Gasteiger partial charge in [-0.25, -0.2) is 0 Å². The Kier molecular flexibility index (Phi) is 3.97. The van der Waals surface area contributed by atoms with Gasteiger partial charge in [-0.3, -0.25) is 0 Å². The van der Waals surface area contributed by atoms with Crippen LogP contribution in [0.25, 0.3) is 0 Å². The van der Waals surface area contributed by atoms with Crippen LogP contribution in [0.3, 0.4) is 0 Å². The predicted octanol–water partition coefficient (Wildman–Crippen LogP) is 1.86. The molecule has 2 rings (SSSR count). The molecule has 1 saturated heterocycles. The number of rotatable bonds is 2. The van der Waals surface area contributed by atoms with Gasteiger partial charge in [0.15, 0.2) is 0 Å². The molecular weight excluding hydrogens is 232 g/mol. The van der Waals surface area contributed by atoms with Gasteiger partial charge < -0.3 is 15.4 Å². The molecule has 1 aromatic carbocycles. The van der Waals surface area contributed by atoms with Gasteiger partial charge in [0.05, 0.1) is 6.61 Å². The second-order valence-electron chi connectivity index (χ2n) is 4.29. The Bertz CT molecular complexity index is 412. The van der Waals surface area contributed by atoms with E-state index in [0.717, 1.165) is 38.3 Å². The lowest BCUT2D eigenvalue weighted by Gasteiger charge is -2.26. The molecule has 0 amide bonds. The minimum absolute atomic E-state index is 0.467. The smallest absolute Gasteiger partial charge is 0.106 e. The number of hydrogen-bond donors (Lipinski definition) is 1. The third-order valence-corrected chi connectivity index (χ3v) is 3.26. The maximum absolute atomic E-state index is 5.80. The average molecular weight is 250 g/mol. The van der Waals surface area contributed by atoms with Gasteiger partial charge in [0.25, 0.3) is 0 Å². The molecule has 1 aliphatic heterocycles. The fourth-order valence-electron chi connectivity index (χ4n) is 2.25. The van der Waals surface area contributed by atoms with Crippen LogP contribution in [0.15, 0.2) is 18.2 Å². The van der Waals surface area contributed by atoms with Gasteiger partial charge in [0.1, 0.15) is 4.99 Å². The van der Waals surface area contributed by atoms with E-state index in [1.165, 1.54) is 11.3 Å². The molecule has 1 fully saturated rings. The number of nitrogens with zero attached hydrogens (tertiary/aromatic N) is 1. The van der Waals surface area contributed by atoms with Crippen LogP contribution in [-0.2, 0) is 4.74 Å². The SMILES string of the molecule is Cc1cccc(C(N)=S)c1N1CCCOCC1. The Morgan fingerprint density at radius 3 is 2.94 bits per heavy atom. The Labute approximate surface area is 108 Å². The number of para-hydroxylation sites is 1. The van der Waals surface area contributed by atoms with Crippen molar-refractivity contribution >= 4 is 22.9 Å². The molecule has 4 heteroatoms. The summed E-state index contributed by atoms with van der Waals surface area (Å²) in [4.78, 5) is 2.80. The molecule has 0 bridgehead atoms. The van der Waals surface area contributed by atoms with Gasteiger partial charge in [-0.05, 0) is 25.0 Å². The van der Waals surface area contributed by atoms with E-state index < -0.39 is 0 Å². The lowest BCUT2D eigenvalue weighted by atomic mass is 10.1. The van der Waals surface area contributed by atoms with E-state index in [1.807, 2.05) is 12.1 Å². The van der Waals surface area contributed by atoms with Gasteiger partial charge in [-0.15, -0.1) is 0 Å². The van der Waals surface area contributed by atoms with E-state index in [2.05, 4.69) is 17.9 Å².